The third-order valence-corrected chi connectivity index (χ3v) is 5.27. The fourth-order valence-electron chi connectivity index (χ4n) is 3.87. The highest BCUT2D eigenvalue weighted by Crippen LogP contribution is 2.44. The van der Waals surface area contributed by atoms with E-state index in [4.69, 9.17) is 9.47 Å². The number of amides is 2. The highest BCUT2D eigenvalue weighted by molar-refractivity contribution is 6.03. The largest absolute Gasteiger partial charge is 0.493 e. The number of benzene rings is 2. The van der Waals surface area contributed by atoms with Crippen molar-refractivity contribution in [3.8, 4) is 11.5 Å². The minimum atomic E-state index is -0.674. The summed E-state index contributed by atoms with van der Waals surface area (Å²) in [5.74, 6) is 0.181. The van der Waals surface area contributed by atoms with E-state index in [2.05, 4.69) is 20.5 Å². The van der Waals surface area contributed by atoms with Gasteiger partial charge in [-0.25, -0.2) is 5.10 Å². The molecule has 2 amide bonds. The molecule has 4 rings (SSSR count). The number of nitrogens with zero attached hydrogens (tertiary/aromatic N) is 3. The third kappa shape index (κ3) is 3.24. The van der Waals surface area contributed by atoms with Crippen LogP contribution in [0, 0.1) is 0 Å². The normalized spacial score (nSPS) is 18.0. The molecule has 0 spiro atoms. The maximum atomic E-state index is 13.3. The smallest absolute Gasteiger partial charge is 0.254 e. The lowest BCUT2D eigenvalue weighted by Crippen LogP contribution is -2.44. The van der Waals surface area contributed by atoms with E-state index < -0.39 is 12.0 Å². The van der Waals surface area contributed by atoms with Crippen molar-refractivity contribution in [2.24, 2.45) is 0 Å². The minimum absolute atomic E-state index is 0.158. The molecule has 0 saturated carbocycles. The predicted molar refractivity (Wildman–Crippen MR) is 109 cm³/mol. The van der Waals surface area contributed by atoms with Gasteiger partial charge in [0.2, 0.25) is 11.9 Å². The molecule has 0 bridgehead atoms. The Morgan fingerprint density at radius 1 is 1.13 bits per heavy atom. The van der Waals surface area contributed by atoms with Gasteiger partial charge in [0.15, 0.2) is 11.5 Å². The van der Waals surface area contributed by atoms with Crippen LogP contribution in [0.1, 0.15) is 33.4 Å². The van der Waals surface area contributed by atoms with E-state index >= 15 is 0 Å². The van der Waals surface area contributed by atoms with Crippen LogP contribution in [0.3, 0.4) is 0 Å². The van der Waals surface area contributed by atoms with Gasteiger partial charge in [-0.1, -0.05) is 24.3 Å². The molecule has 1 aliphatic heterocycles. The lowest BCUT2D eigenvalue weighted by Gasteiger charge is -2.39. The molecule has 0 unspecified atom stereocenters. The number of likely N-dealkylation sites (N-methyl/N-ethyl adjacent to an activating group) is 1. The van der Waals surface area contributed by atoms with Gasteiger partial charge in [-0.15, -0.1) is 0 Å². The highest BCUT2D eigenvalue weighted by atomic mass is 16.5. The van der Waals surface area contributed by atoms with Crippen molar-refractivity contribution in [2.75, 3.05) is 26.6 Å². The molecule has 1 aromatic heterocycles. The van der Waals surface area contributed by atoms with Crippen LogP contribution in [0.25, 0.3) is 0 Å². The van der Waals surface area contributed by atoms with Crippen molar-refractivity contribution in [2.45, 2.75) is 12.0 Å². The predicted octanol–water partition coefficient (Wildman–Crippen LogP) is 2.37. The van der Waals surface area contributed by atoms with Crippen molar-refractivity contribution in [1.82, 2.24) is 20.1 Å². The first-order valence-electron chi connectivity index (χ1n) is 9.29. The Morgan fingerprint density at radius 2 is 1.90 bits per heavy atom. The van der Waals surface area contributed by atoms with E-state index in [9.17, 15) is 9.59 Å². The van der Waals surface area contributed by atoms with Gasteiger partial charge in [0, 0.05) is 12.6 Å². The lowest BCUT2D eigenvalue weighted by molar-refractivity contribution is -0.119. The van der Waals surface area contributed by atoms with Crippen molar-refractivity contribution in [1.29, 1.82) is 0 Å². The number of hydrogen-bond acceptors (Lipinski definition) is 6. The third-order valence-electron chi connectivity index (χ3n) is 5.27. The van der Waals surface area contributed by atoms with Crippen molar-refractivity contribution in [3.63, 3.8) is 0 Å². The van der Waals surface area contributed by atoms with E-state index in [1.807, 2.05) is 12.1 Å². The summed E-state index contributed by atoms with van der Waals surface area (Å²) in [4.78, 5) is 32.0. The number of nitrogens with one attached hydrogen (secondary N) is 2. The molecule has 2 N–H and O–H groups in total. The number of carbonyl (C=O) groups is 2. The number of ether oxygens (including phenoxy) is 2. The average Bonchev–Trinajstić information content (AvgIpc) is 3.28. The summed E-state index contributed by atoms with van der Waals surface area (Å²) in [5, 5.41) is 9.15. The van der Waals surface area contributed by atoms with Crippen LogP contribution in [0.15, 0.2) is 48.8 Å². The van der Waals surface area contributed by atoms with Gasteiger partial charge in [-0.3, -0.25) is 14.9 Å². The van der Waals surface area contributed by atoms with Crippen molar-refractivity contribution < 1.29 is 19.1 Å². The van der Waals surface area contributed by atoms with E-state index in [1.54, 1.807) is 56.5 Å². The first kappa shape index (κ1) is 19.4. The van der Waals surface area contributed by atoms with Gasteiger partial charge in [-0.2, -0.15) is 10.1 Å². The van der Waals surface area contributed by atoms with Crippen LogP contribution in [0.5, 0.6) is 11.5 Å². The van der Waals surface area contributed by atoms with Crippen LogP contribution in [-0.2, 0) is 4.79 Å². The Hall–Kier alpha value is -3.88. The van der Waals surface area contributed by atoms with Crippen molar-refractivity contribution in [3.05, 3.63) is 65.5 Å². The molecule has 2 heterocycles. The van der Waals surface area contributed by atoms with Gasteiger partial charge in [-0.05, 0) is 29.3 Å². The van der Waals surface area contributed by atoms with Gasteiger partial charge < -0.3 is 14.4 Å². The highest BCUT2D eigenvalue weighted by Gasteiger charge is 2.43. The van der Waals surface area contributed by atoms with Crippen molar-refractivity contribution >= 4 is 17.8 Å². The number of rotatable bonds is 5. The Balaban J connectivity index is 1.84. The molecule has 0 saturated heterocycles. The molecule has 9 nitrogen and oxygen atoms in total. The fourth-order valence-corrected chi connectivity index (χ4v) is 3.87. The molecule has 2 aromatic carbocycles. The van der Waals surface area contributed by atoms with Crippen LogP contribution < -0.4 is 14.8 Å². The summed E-state index contributed by atoms with van der Waals surface area (Å²) in [6, 6.07) is 12.0. The Kier molecular flexibility index (Phi) is 5.09. The Bertz CT molecular complexity index is 1080. The number of aromatic nitrogens is 3. The average molecular weight is 407 g/mol. The van der Waals surface area contributed by atoms with Gasteiger partial charge in [0.05, 0.1) is 26.2 Å². The Morgan fingerprint density at radius 3 is 2.60 bits per heavy atom. The summed E-state index contributed by atoms with van der Waals surface area (Å²) in [6.45, 7) is 0. The quantitative estimate of drug-likeness (QED) is 0.672. The number of aromatic amines is 1. The first-order valence-corrected chi connectivity index (χ1v) is 9.29. The summed E-state index contributed by atoms with van der Waals surface area (Å²) in [6.07, 6.45) is 1.31. The number of fused-ring (bicyclic) bond motifs is 1. The summed E-state index contributed by atoms with van der Waals surface area (Å²) >= 11 is 0. The zero-order chi connectivity index (χ0) is 21.3. The zero-order valence-electron chi connectivity index (χ0n) is 16.7. The van der Waals surface area contributed by atoms with E-state index in [0.717, 1.165) is 5.56 Å². The zero-order valence-corrected chi connectivity index (χ0v) is 16.7. The molecule has 30 heavy (non-hydrogen) atoms. The summed E-state index contributed by atoms with van der Waals surface area (Å²) in [7, 11) is 4.78. The van der Waals surface area contributed by atoms with E-state index in [0.29, 0.717) is 22.6 Å². The van der Waals surface area contributed by atoms with Gasteiger partial charge in [0.25, 0.3) is 5.91 Å². The van der Waals surface area contributed by atoms with Crippen LogP contribution >= 0.6 is 0 Å². The molecular formula is C21H21N5O4. The minimum Gasteiger partial charge on any atom is -0.493 e. The molecule has 2 atom stereocenters. The second-order valence-corrected chi connectivity index (χ2v) is 6.86. The molecule has 0 radical (unpaired) electrons. The fraction of sp³-hybridized carbons (Fsp3) is 0.238. The summed E-state index contributed by atoms with van der Waals surface area (Å²) < 4.78 is 10.8. The molecule has 1 aliphatic rings. The maximum Gasteiger partial charge on any atom is 0.254 e. The van der Waals surface area contributed by atoms with Gasteiger partial charge in [0.1, 0.15) is 6.33 Å². The number of hydrogen-bond donors (Lipinski definition) is 2. The molecule has 3 aromatic rings. The number of carbonyl (C=O) groups excluding carboxylic acids is 2. The molecule has 9 heteroatoms. The van der Waals surface area contributed by atoms with E-state index in [1.165, 1.54) is 6.33 Å². The topological polar surface area (TPSA) is 109 Å². The molecule has 0 fully saturated rings. The maximum absolute atomic E-state index is 13.3. The van der Waals surface area contributed by atoms with Crippen LogP contribution in [0.4, 0.5) is 5.95 Å². The molecule has 0 aliphatic carbocycles. The lowest BCUT2D eigenvalue weighted by atomic mass is 9.79. The van der Waals surface area contributed by atoms with Gasteiger partial charge >= 0.3 is 0 Å². The van der Waals surface area contributed by atoms with Crippen LogP contribution in [0.2, 0.25) is 0 Å². The number of H-pyrrole nitrogens is 1. The SMILES string of the molecule is COc1ccc([C@H]2[C@@H](C(=O)Nc3ncn[nH]3)c3ccccc3C(=O)N2C)cc1OC. The van der Waals surface area contributed by atoms with Crippen LogP contribution in [-0.4, -0.2) is 53.2 Å². The number of anilines is 1. The standard InChI is InChI=1S/C21H21N5O4/c1-26-18(12-8-9-15(29-2)16(10-12)30-3)17(19(27)24-21-22-11-23-25-21)13-6-4-5-7-14(13)20(26)28/h4-11,17-18H,1-3H3,(H2,22,23,24,25,27)/t17-,18-/m0/s1. The molecular weight excluding hydrogens is 386 g/mol. The summed E-state index contributed by atoms with van der Waals surface area (Å²) in [5.41, 5.74) is 1.89. The Labute approximate surface area is 173 Å². The first-order chi connectivity index (χ1) is 14.5. The molecule has 154 valence electrons. The second-order valence-electron chi connectivity index (χ2n) is 6.86. The second kappa shape index (κ2) is 7.86. The van der Waals surface area contributed by atoms with E-state index in [-0.39, 0.29) is 17.8 Å². The monoisotopic (exact) mass is 407 g/mol. The number of methoxy groups -OCH3 is 2.